The van der Waals surface area contributed by atoms with Gasteiger partial charge >= 0.3 is 0 Å². The van der Waals surface area contributed by atoms with Gasteiger partial charge in [-0.05, 0) is 62.3 Å². The Hall–Kier alpha value is -1.45. The quantitative estimate of drug-likeness (QED) is 0.449. The average Bonchev–Trinajstić information content (AvgIpc) is 2.58. The minimum absolute atomic E-state index is 0.142. The van der Waals surface area contributed by atoms with Gasteiger partial charge in [-0.25, -0.2) is 0 Å². The van der Waals surface area contributed by atoms with E-state index in [9.17, 15) is 0 Å². The third-order valence-corrected chi connectivity index (χ3v) is 6.29. The molecule has 0 bridgehead atoms. The molecule has 1 heterocycles. The van der Waals surface area contributed by atoms with Crippen LogP contribution >= 0.6 is 23.4 Å². The number of hydrogen-bond acceptors (Lipinski definition) is 3. The molecule has 4 heteroatoms. The van der Waals surface area contributed by atoms with Crippen molar-refractivity contribution >= 4 is 41.0 Å². The second-order valence-corrected chi connectivity index (χ2v) is 8.59. The van der Waals surface area contributed by atoms with E-state index in [-0.39, 0.29) is 5.54 Å². The fourth-order valence-corrected chi connectivity index (χ4v) is 4.33. The van der Waals surface area contributed by atoms with E-state index in [1.165, 1.54) is 16.1 Å². The molecule has 0 amide bonds. The molecular weight excluding hydrogens is 348 g/mol. The van der Waals surface area contributed by atoms with Crippen molar-refractivity contribution in [3.05, 3.63) is 52.5 Å². The van der Waals surface area contributed by atoms with E-state index in [0.717, 1.165) is 22.7 Å². The van der Waals surface area contributed by atoms with E-state index in [4.69, 9.17) is 11.6 Å². The van der Waals surface area contributed by atoms with Gasteiger partial charge in [0, 0.05) is 34.9 Å². The van der Waals surface area contributed by atoms with Crippen molar-refractivity contribution in [3.63, 3.8) is 0 Å². The molecule has 1 aliphatic heterocycles. The molecule has 0 radical (unpaired) electrons. The maximum absolute atomic E-state index is 6.58. The molecule has 0 N–H and O–H groups in total. The molecule has 2 aromatic rings. The molecule has 0 spiro atoms. The first-order chi connectivity index (χ1) is 11.8. The smallest absolute Gasteiger partial charge is 0.0765 e. The van der Waals surface area contributed by atoms with Gasteiger partial charge in [-0.2, -0.15) is 0 Å². The summed E-state index contributed by atoms with van der Waals surface area (Å²) in [6.07, 6.45) is 5.09. The van der Waals surface area contributed by atoms with E-state index < -0.39 is 0 Å². The number of aliphatic imine (C=N–C) groups is 1. The van der Waals surface area contributed by atoms with Gasteiger partial charge in [0.05, 0.1) is 10.7 Å². The molecule has 0 fully saturated rings. The maximum Gasteiger partial charge on any atom is 0.0765 e. The molecule has 1 unspecified atom stereocenters. The van der Waals surface area contributed by atoms with Crippen molar-refractivity contribution in [1.29, 1.82) is 0 Å². The summed E-state index contributed by atoms with van der Waals surface area (Å²) in [5.41, 5.74) is 4.69. The van der Waals surface area contributed by atoms with Crippen molar-refractivity contribution in [2.45, 2.75) is 43.5 Å². The first kappa shape index (κ1) is 18.3. The van der Waals surface area contributed by atoms with Gasteiger partial charge in [-0.15, -0.1) is 11.8 Å². The Morgan fingerprint density at radius 3 is 2.72 bits per heavy atom. The Morgan fingerprint density at radius 1 is 1.28 bits per heavy atom. The number of benzene rings is 2. The molecule has 3 rings (SSSR count). The third-order valence-electron chi connectivity index (χ3n) is 5.18. The molecule has 2 nitrogen and oxygen atoms in total. The van der Waals surface area contributed by atoms with Gasteiger partial charge < -0.3 is 4.90 Å². The van der Waals surface area contributed by atoms with Crippen LogP contribution in [0.15, 0.2) is 46.3 Å². The van der Waals surface area contributed by atoms with Crippen molar-refractivity contribution in [2.75, 3.05) is 18.2 Å². The summed E-state index contributed by atoms with van der Waals surface area (Å²) in [6, 6.07) is 12.5. The minimum Gasteiger partial charge on any atom is -0.369 e. The van der Waals surface area contributed by atoms with Gasteiger partial charge in [-0.3, -0.25) is 4.99 Å². The zero-order valence-corrected chi connectivity index (χ0v) is 17.1. The first-order valence-corrected chi connectivity index (χ1v) is 10.2. The van der Waals surface area contributed by atoms with Crippen LogP contribution < -0.4 is 4.90 Å². The highest BCUT2D eigenvalue weighted by Crippen LogP contribution is 2.44. The fourth-order valence-electron chi connectivity index (χ4n) is 3.58. The van der Waals surface area contributed by atoms with Crippen molar-refractivity contribution < 1.29 is 0 Å². The number of hydrogen-bond donors (Lipinski definition) is 0. The van der Waals surface area contributed by atoms with Gasteiger partial charge in [0.2, 0.25) is 0 Å². The van der Waals surface area contributed by atoms with Crippen LogP contribution in [-0.4, -0.2) is 25.1 Å². The van der Waals surface area contributed by atoms with Gasteiger partial charge in [0.25, 0.3) is 0 Å². The minimum atomic E-state index is 0.142. The SMILES string of the molecule is CSc1ccccc1N=Cc1cc2c(cc1Cl)N(C)C(C)(C)CC2C. The Labute approximate surface area is 160 Å². The summed E-state index contributed by atoms with van der Waals surface area (Å²) in [4.78, 5) is 8.20. The van der Waals surface area contributed by atoms with Crippen LogP contribution in [0.3, 0.4) is 0 Å². The molecule has 1 aliphatic rings. The highest BCUT2D eigenvalue weighted by molar-refractivity contribution is 7.98. The fraction of sp³-hybridized carbons (Fsp3) is 0.381. The predicted octanol–water partition coefficient (Wildman–Crippen LogP) is 6.53. The highest BCUT2D eigenvalue weighted by Gasteiger charge is 2.34. The van der Waals surface area contributed by atoms with Crippen LogP contribution in [0.1, 0.15) is 44.2 Å². The normalized spacial score (nSPS) is 19.3. The Bertz CT molecular complexity index is 814. The van der Waals surface area contributed by atoms with Gasteiger partial charge in [0.1, 0.15) is 0 Å². The number of rotatable bonds is 3. The zero-order chi connectivity index (χ0) is 18.2. The summed E-state index contributed by atoms with van der Waals surface area (Å²) in [5, 5.41) is 0.751. The van der Waals surface area contributed by atoms with E-state index in [1.807, 2.05) is 24.4 Å². The molecule has 0 aliphatic carbocycles. The Balaban J connectivity index is 2.00. The molecule has 0 aromatic heterocycles. The number of para-hydroxylation sites is 1. The second kappa shape index (κ2) is 7.05. The van der Waals surface area contributed by atoms with E-state index >= 15 is 0 Å². The van der Waals surface area contributed by atoms with Crippen LogP contribution in [0.2, 0.25) is 5.02 Å². The van der Waals surface area contributed by atoms with Crippen molar-refractivity contribution in [1.82, 2.24) is 0 Å². The second-order valence-electron chi connectivity index (χ2n) is 7.34. The van der Waals surface area contributed by atoms with E-state index in [0.29, 0.717) is 5.92 Å². The molecule has 132 valence electrons. The summed E-state index contributed by atoms with van der Waals surface area (Å²) >= 11 is 8.29. The average molecular weight is 373 g/mol. The summed E-state index contributed by atoms with van der Waals surface area (Å²) in [7, 11) is 2.16. The largest absolute Gasteiger partial charge is 0.369 e. The predicted molar refractivity (Wildman–Crippen MR) is 112 cm³/mol. The third kappa shape index (κ3) is 3.58. The van der Waals surface area contributed by atoms with Crippen LogP contribution in [0.4, 0.5) is 11.4 Å². The lowest BCUT2D eigenvalue weighted by Crippen LogP contribution is -2.45. The number of anilines is 1. The topological polar surface area (TPSA) is 15.6 Å². The lowest BCUT2D eigenvalue weighted by molar-refractivity contribution is 0.395. The molecule has 25 heavy (non-hydrogen) atoms. The van der Waals surface area contributed by atoms with Crippen LogP contribution in [0.5, 0.6) is 0 Å². The van der Waals surface area contributed by atoms with E-state index in [1.54, 1.807) is 11.8 Å². The number of halogens is 1. The van der Waals surface area contributed by atoms with Crippen molar-refractivity contribution in [3.8, 4) is 0 Å². The van der Waals surface area contributed by atoms with Crippen LogP contribution in [0, 0.1) is 0 Å². The lowest BCUT2D eigenvalue weighted by atomic mass is 9.80. The molecule has 2 aromatic carbocycles. The first-order valence-electron chi connectivity index (χ1n) is 8.58. The van der Waals surface area contributed by atoms with Crippen LogP contribution in [-0.2, 0) is 0 Å². The summed E-state index contributed by atoms with van der Waals surface area (Å²) < 4.78 is 0. The zero-order valence-electron chi connectivity index (χ0n) is 15.5. The summed E-state index contributed by atoms with van der Waals surface area (Å²) in [5.74, 6) is 0.504. The van der Waals surface area contributed by atoms with Crippen LogP contribution in [0.25, 0.3) is 0 Å². The lowest BCUT2D eigenvalue weighted by Gasteiger charge is -2.45. The maximum atomic E-state index is 6.58. The van der Waals surface area contributed by atoms with Gasteiger partial charge in [0.15, 0.2) is 0 Å². The number of nitrogens with zero attached hydrogens (tertiary/aromatic N) is 2. The number of thioether (sulfide) groups is 1. The number of fused-ring (bicyclic) bond motifs is 1. The highest BCUT2D eigenvalue weighted by atomic mass is 35.5. The summed E-state index contributed by atoms with van der Waals surface area (Å²) in [6.45, 7) is 6.87. The Kier molecular flexibility index (Phi) is 5.17. The van der Waals surface area contributed by atoms with Gasteiger partial charge in [-0.1, -0.05) is 30.7 Å². The molecule has 0 saturated carbocycles. The van der Waals surface area contributed by atoms with Crippen molar-refractivity contribution in [2.24, 2.45) is 4.99 Å². The molecule has 0 saturated heterocycles. The van der Waals surface area contributed by atoms with E-state index in [2.05, 4.69) is 62.2 Å². The molecular formula is C21H25ClN2S. The Morgan fingerprint density at radius 2 is 2.00 bits per heavy atom. The molecule has 1 atom stereocenters. The standard InChI is InChI=1S/C21H25ClN2S/c1-14-12-21(2,3)24(4)19-11-17(22)15(10-16(14)19)13-23-18-8-6-7-9-20(18)25-5/h6-11,13-14H,12H2,1-5H3. The monoisotopic (exact) mass is 372 g/mol.